The summed E-state index contributed by atoms with van der Waals surface area (Å²) in [5, 5.41) is 14.9. The maximum absolute atomic E-state index is 11.5. The van der Waals surface area contributed by atoms with Gasteiger partial charge in [-0.25, -0.2) is 4.98 Å². The molecule has 0 saturated carbocycles. The second-order valence-corrected chi connectivity index (χ2v) is 5.75. The van der Waals surface area contributed by atoms with Crippen molar-refractivity contribution in [2.75, 3.05) is 31.1 Å². The van der Waals surface area contributed by atoms with Crippen molar-refractivity contribution in [3.8, 4) is 0 Å². The van der Waals surface area contributed by atoms with Crippen LogP contribution in [0.4, 0.5) is 5.13 Å². The minimum absolute atomic E-state index is 0.0380. The van der Waals surface area contributed by atoms with Crippen LogP contribution in [0, 0.1) is 0 Å². The van der Waals surface area contributed by atoms with Gasteiger partial charge in [-0.3, -0.25) is 19.4 Å². The van der Waals surface area contributed by atoms with E-state index in [1.807, 2.05) is 17.2 Å². The first-order valence-corrected chi connectivity index (χ1v) is 7.81. The van der Waals surface area contributed by atoms with Crippen molar-refractivity contribution in [2.45, 2.75) is 26.4 Å². The molecule has 8 heteroatoms. The number of carboxylic acid groups (broad SMARTS) is 1. The predicted molar refractivity (Wildman–Crippen MR) is 80.5 cm³/mol. The van der Waals surface area contributed by atoms with Crippen molar-refractivity contribution in [1.29, 1.82) is 0 Å². The molecular formula is C13H20N4O3S. The topological polar surface area (TPSA) is 85.8 Å². The van der Waals surface area contributed by atoms with Crippen LogP contribution in [0.15, 0.2) is 5.38 Å². The van der Waals surface area contributed by atoms with Crippen LogP contribution in [0.5, 0.6) is 0 Å². The molecule has 1 saturated heterocycles. The monoisotopic (exact) mass is 312 g/mol. The maximum Gasteiger partial charge on any atom is 0.322 e. The zero-order chi connectivity index (χ0) is 15.4. The number of hydrogen-bond donors (Lipinski definition) is 2. The molecule has 7 nitrogen and oxygen atoms in total. The lowest BCUT2D eigenvalue weighted by Gasteiger charge is -2.32. The zero-order valence-corrected chi connectivity index (χ0v) is 13.0. The van der Waals surface area contributed by atoms with E-state index in [4.69, 9.17) is 0 Å². The molecule has 0 aromatic carbocycles. The van der Waals surface area contributed by atoms with Gasteiger partial charge in [0.1, 0.15) is 6.04 Å². The summed E-state index contributed by atoms with van der Waals surface area (Å²) in [6.07, 6.45) is 0. The molecule has 21 heavy (non-hydrogen) atoms. The van der Waals surface area contributed by atoms with Crippen LogP contribution < -0.4 is 10.2 Å². The van der Waals surface area contributed by atoms with Gasteiger partial charge in [0, 0.05) is 45.0 Å². The maximum atomic E-state index is 11.5. The van der Waals surface area contributed by atoms with Gasteiger partial charge in [0.25, 0.3) is 0 Å². The number of amides is 1. The van der Waals surface area contributed by atoms with Gasteiger partial charge in [0.15, 0.2) is 5.13 Å². The molecule has 1 amide bonds. The Labute approximate surface area is 127 Å². The van der Waals surface area contributed by atoms with Gasteiger partial charge in [0.2, 0.25) is 5.91 Å². The Balaban J connectivity index is 2.07. The fourth-order valence-electron chi connectivity index (χ4n) is 2.37. The third-order valence-corrected chi connectivity index (χ3v) is 4.38. The number of hydrogen-bond acceptors (Lipinski definition) is 6. The Bertz CT molecular complexity index is 519. The zero-order valence-electron chi connectivity index (χ0n) is 12.2. The summed E-state index contributed by atoms with van der Waals surface area (Å²) in [5.74, 6) is -0.861. The largest absolute Gasteiger partial charge is 0.480 e. The van der Waals surface area contributed by atoms with Crippen molar-refractivity contribution in [2.24, 2.45) is 0 Å². The van der Waals surface area contributed by atoms with Gasteiger partial charge >= 0.3 is 5.97 Å². The smallest absolute Gasteiger partial charge is 0.322 e. The van der Waals surface area contributed by atoms with Crippen molar-refractivity contribution in [3.05, 3.63) is 11.1 Å². The Morgan fingerprint density at radius 2 is 2.38 bits per heavy atom. The quantitative estimate of drug-likeness (QED) is 0.817. The fourth-order valence-corrected chi connectivity index (χ4v) is 3.30. The number of rotatable bonds is 5. The number of anilines is 1. The van der Waals surface area contributed by atoms with E-state index in [1.54, 1.807) is 4.90 Å². The number of aliphatic carboxylic acids is 1. The summed E-state index contributed by atoms with van der Waals surface area (Å²) in [6.45, 7) is 6.38. The summed E-state index contributed by atoms with van der Waals surface area (Å²) in [7, 11) is 0. The lowest BCUT2D eigenvalue weighted by atomic mass is 10.2. The van der Waals surface area contributed by atoms with Crippen LogP contribution in [0.25, 0.3) is 0 Å². The third-order valence-electron chi connectivity index (χ3n) is 3.47. The molecule has 2 rings (SSSR count). The van der Waals surface area contributed by atoms with E-state index in [2.05, 4.69) is 10.3 Å². The predicted octanol–water partition coefficient (Wildman–Crippen LogP) is 0.374. The highest BCUT2D eigenvalue weighted by molar-refractivity contribution is 7.14. The number of carboxylic acids is 1. The highest BCUT2D eigenvalue weighted by Gasteiger charge is 2.28. The van der Waals surface area contributed by atoms with Gasteiger partial charge < -0.3 is 10.4 Å². The number of aromatic nitrogens is 1. The first-order valence-electron chi connectivity index (χ1n) is 6.93. The second-order valence-electron chi connectivity index (χ2n) is 4.91. The minimum Gasteiger partial charge on any atom is -0.480 e. The van der Waals surface area contributed by atoms with Gasteiger partial charge in [-0.15, -0.1) is 11.3 Å². The van der Waals surface area contributed by atoms with E-state index in [0.717, 1.165) is 12.2 Å². The fraction of sp³-hybridized carbons (Fsp3) is 0.615. The molecule has 2 N–H and O–H groups in total. The van der Waals surface area contributed by atoms with E-state index in [-0.39, 0.29) is 5.91 Å². The molecule has 0 bridgehead atoms. The van der Waals surface area contributed by atoms with Gasteiger partial charge in [0.05, 0.1) is 5.69 Å². The second kappa shape index (κ2) is 6.97. The summed E-state index contributed by atoms with van der Waals surface area (Å²) < 4.78 is 0. The van der Waals surface area contributed by atoms with E-state index < -0.39 is 12.0 Å². The summed E-state index contributed by atoms with van der Waals surface area (Å²) in [4.78, 5) is 30.7. The molecule has 1 aliphatic rings. The molecule has 1 aliphatic heterocycles. The van der Waals surface area contributed by atoms with Crippen LogP contribution in [0.2, 0.25) is 0 Å². The van der Waals surface area contributed by atoms with Crippen molar-refractivity contribution >= 4 is 28.3 Å². The highest BCUT2D eigenvalue weighted by atomic mass is 32.1. The highest BCUT2D eigenvalue weighted by Crippen LogP contribution is 2.22. The lowest BCUT2D eigenvalue weighted by molar-refractivity contribution is -0.144. The summed E-state index contributed by atoms with van der Waals surface area (Å²) in [6, 6.07) is -0.529. The number of thiazole rings is 1. The number of carbonyl (C=O) groups is 2. The number of nitrogens with zero attached hydrogens (tertiary/aromatic N) is 3. The van der Waals surface area contributed by atoms with Crippen LogP contribution in [0.3, 0.4) is 0 Å². The van der Waals surface area contributed by atoms with Crippen LogP contribution in [-0.4, -0.2) is 59.1 Å². The lowest BCUT2D eigenvalue weighted by Crippen LogP contribution is -2.54. The van der Waals surface area contributed by atoms with E-state index in [0.29, 0.717) is 31.3 Å². The van der Waals surface area contributed by atoms with Crippen LogP contribution in [-0.2, 0) is 16.1 Å². The van der Waals surface area contributed by atoms with E-state index in [9.17, 15) is 14.7 Å². The SMILES string of the molecule is CCN(C(C)=O)c1nc(CN2CCNCC2C(=O)O)cs1. The molecule has 1 fully saturated rings. The van der Waals surface area contributed by atoms with Crippen molar-refractivity contribution in [3.63, 3.8) is 0 Å². The molecular weight excluding hydrogens is 292 g/mol. The van der Waals surface area contributed by atoms with E-state index >= 15 is 0 Å². The van der Waals surface area contributed by atoms with Gasteiger partial charge in [-0.2, -0.15) is 0 Å². The standard InChI is InChI=1S/C13H20N4O3S/c1-3-17(9(2)18)13-15-10(8-21-13)7-16-5-4-14-6-11(16)12(19)20/h8,11,14H,3-7H2,1-2H3,(H,19,20). The average Bonchev–Trinajstić information content (AvgIpc) is 2.87. The Kier molecular flexibility index (Phi) is 5.27. The molecule has 1 atom stereocenters. The first-order chi connectivity index (χ1) is 10.0. The number of carbonyl (C=O) groups excluding carboxylic acids is 1. The molecule has 0 spiro atoms. The van der Waals surface area contributed by atoms with E-state index in [1.165, 1.54) is 18.3 Å². The molecule has 1 aromatic rings. The molecule has 0 radical (unpaired) electrons. The van der Waals surface area contributed by atoms with Crippen molar-refractivity contribution in [1.82, 2.24) is 15.2 Å². The normalized spacial score (nSPS) is 19.4. The summed E-state index contributed by atoms with van der Waals surface area (Å²) >= 11 is 1.41. The Morgan fingerprint density at radius 3 is 3.00 bits per heavy atom. The summed E-state index contributed by atoms with van der Waals surface area (Å²) in [5.41, 5.74) is 0.808. The van der Waals surface area contributed by atoms with Crippen LogP contribution >= 0.6 is 11.3 Å². The van der Waals surface area contributed by atoms with Crippen molar-refractivity contribution < 1.29 is 14.7 Å². The van der Waals surface area contributed by atoms with Gasteiger partial charge in [-0.05, 0) is 6.92 Å². The van der Waals surface area contributed by atoms with Crippen LogP contribution in [0.1, 0.15) is 19.5 Å². The first kappa shape index (κ1) is 15.9. The molecule has 0 aliphatic carbocycles. The molecule has 1 aromatic heterocycles. The molecule has 1 unspecified atom stereocenters. The number of nitrogens with one attached hydrogen (secondary N) is 1. The third kappa shape index (κ3) is 3.78. The Hall–Kier alpha value is -1.51. The Morgan fingerprint density at radius 1 is 1.62 bits per heavy atom. The van der Waals surface area contributed by atoms with Gasteiger partial charge in [-0.1, -0.05) is 0 Å². The minimum atomic E-state index is -0.823. The number of piperazine rings is 1. The molecule has 116 valence electrons. The average molecular weight is 312 g/mol. The molecule has 2 heterocycles.